The lowest BCUT2D eigenvalue weighted by Gasteiger charge is -2.33. The minimum absolute atomic E-state index is 0.294. The van der Waals surface area contributed by atoms with Crippen LogP contribution in [0.1, 0.15) is 41.5 Å². The van der Waals surface area contributed by atoms with Crippen molar-refractivity contribution in [3.05, 3.63) is 0 Å². The third-order valence-electron chi connectivity index (χ3n) is 1.85. The van der Waals surface area contributed by atoms with Crippen molar-refractivity contribution in [2.75, 3.05) is 6.61 Å². The van der Waals surface area contributed by atoms with Gasteiger partial charge in [0.05, 0.1) is 0 Å². The van der Waals surface area contributed by atoms with Crippen LogP contribution < -0.4 is 0 Å². The van der Waals surface area contributed by atoms with E-state index in [-0.39, 0.29) is 0 Å². The monoisotopic (exact) mass is 216 g/mol. The summed E-state index contributed by atoms with van der Waals surface area (Å²) in [5.74, 6) is 0. The first kappa shape index (κ1) is 14.2. The van der Waals surface area contributed by atoms with Gasteiger partial charge >= 0.3 is 0 Å². The van der Waals surface area contributed by atoms with Crippen LogP contribution in [-0.2, 0) is 4.43 Å². The maximum Gasteiger partial charge on any atom is 0.187 e. The van der Waals surface area contributed by atoms with E-state index in [9.17, 15) is 0 Å². The average molecular weight is 216 g/mol. The Morgan fingerprint density at radius 3 is 1.57 bits per heavy atom. The second-order valence-electron chi connectivity index (χ2n) is 7.35. The first-order valence-electron chi connectivity index (χ1n) is 5.55. The Kier molecular flexibility index (Phi) is 4.41. The Labute approximate surface area is 91.4 Å². The molecule has 0 saturated carbocycles. The first-order valence-corrected chi connectivity index (χ1v) is 8.67. The molecule has 0 aliphatic rings. The lowest BCUT2D eigenvalue weighted by atomic mass is 9.99. The van der Waals surface area contributed by atoms with Gasteiger partial charge in [0.1, 0.15) is 0 Å². The van der Waals surface area contributed by atoms with Gasteiger partial charge in [-0.1, -0.05) is 41.5 Å². The summed E-state index contributed by atoms with van der Waals surface area (Å²) >= 11 is 0. The quantitative estimate of drug-likeness (QED) is 0.639. The lowest BCUT2D eigenvalue weighted by Crippen LogP contribution is -2.37. The first-order chi connectivity index (χ1) is 5.91. The van der Waals surface area contributed by atoms with Crippen molar-refractivity contribution in [2.24, 2.45) is 10.8 Å². The van der Waals surface area contributed by atoms with Gasteiger partial charge in [-0.25, -0.2) is 0 Å². The van der Waals surface area contributed by atoms with E-state index in [1.54, 1.807) is 0 Å². The van der Waals surface area contributed by atoms with Crippen LogP contribution in [0.3, 0.4) is 0 Å². The highest BCUT2D eigenvalue weighted by Crippen LogP contribution is 2.29. The molecule has 0 fully saturated rings. The molecule has 0 heterocycles. The molecule has 0 unspecified atom stereocenters. The molecule has 0 N–H and O–H groups in total. The molecule has 2 heteroatoms. The Morgan fingerprint density at radius 2 is 1.29 bits per heavy atom. The van der Waals surface area contributed by atoms with Gasteiger partial charge in [0.2, 0.25) is 0 Å². The van der Waals surface area contributed by atoms with Gasteiger partial charge in [-0.15, -0.1) is 0 Å². The van der Waals surface area contributed by atoms with Crippen LogP contribution in [0.2, 0.25) is 19.1 Å². The summed E-state index contributed by atoms with van der Waals surface area (Å²) in [6.07, 6.45) is 0. The molecule has 0 aromatic heterocycles. The van der Waals surface area contributed by atoms with Crippen molar-refractivity contribution in [1.82, 2.24) is 0 Å². The van der Waals surface area contributed by atoms with E-state index < -0.39 is 8.32 Å². The zero-order valence-corrected chi connectivity index (χ0v) is 12.3. The molecule has 0 aliphatic carbocycles. The van der Waals surface area contributed by atoms with Crippen molar-refractivity contribution in [2.45, 2.75) is 60.7 Å². The van der Waals surface area contributed by atoms with Gasteiger partial charge in [-0.05, 0) is 30.0 Å². The smallest absolute Gasteiger partial charge is 0.187 e. The molecular formula is C12H28OSi. The molecule has 0 amide bonds. The molecule has 0 atom stereocenters. The summed E-state index contributed by atoms with van der Waals surface area (Å²) in [6.45, 7) is 19.1. The van der Waals surface area contributed by atoms with Crippen LogP contribution in [0, 0.1) is 10.8 Å². The topological polar surface area (TPSA) is 9.23 Å². The Balaban J connectivity index is 4.09. The van der Waals surface area contributed by atoms with E-state index in [1.165, 1.54) is 6.04 Å². The van der Waals surface area contributed by atoms with Crippen LogP contribution >= 0.6 is 0 Å². The van der Waals surface area contributed by atoms with Crippen LogP contribution in [0.25, 0.3) is 0 Å². The molecule has 0 bridgehead atoms. The normalized spacial score (nSPS) is 14.6. The molecule has 0 rings (SSSR count). The Hall–Kier alpha value is 0.177. The third kappa shape index (κ3) is 8.76. The van der Waals surface area contributed by atoms with Crippen LogP contribution in [0.4, 0.5) is 0 Å². The minimum Gasteiger partial charge on any atom is -0.417 e. The highest BCUT2D eigenvalue weighted by Gasteiger charge is 2.30. The van der Waals surface area contributed by atoms with Gasteiger partial charge in [0.15, 0.2) is 8.32 Å². The van der Waals surface area contributed by atoms with E-state index >= 15 is 0 Å². The van der Waals surface area contributed by atoms with Crippen molar-refractivity contribution in [1.29, 1.82) is 0 Å². The fraction of sp³-hybridized carbons (Fsp3) is 1.00. The van der Waals surface area contributed by atoms with Crippen LogP contribution in [-0.4, -0.2) is 14.9 Å². The zero-order chi connectivity index (χ0) is 11.6. The largest absolute Gasteiger partial charge is 0.417 e. The summed E-state index contributed by atoms with van der Waals surface area (Å²) in [7, 11) is -1.45. The number of hydrogen-bond donors (Lipinski definition) is 0. The fourth-order valence-corrected chi connectivity index (χ4v) is 5.22. The number of hydrogen-bond acceptors (Lipinski definition) is 1. The van der Waals surface area contributed by atoms with Gasteiger partial charge < -0.3 is 4.43 Å². The standard InChI is InChI=1S/C12H28OSi/c1-11(2,3)9-13-14(7,8)10-12(4,5)6/h9-10H2,1-8H3. The molecular weight excluding hydrogens is 188 g/mol. The van der Waals surface area contributed by atoms with Gasteiger partial charge in [0.25, 0.3) is 0 Å². The SMILES string of the molecule is CC(C)(C)CO[Si](C)(C)CC(C)(C)C. The van der Waals surface area contributed by atoms with E-state index in [1.807, 2.05) is 0 Å². The molecule has 0 aromatic carbocycles. The summed E-state index contributed by atoms with van der Waals surface area (Å²) in [5.41, 5.74) is 0.690. The molecule has 1 nitrogen and oxygen atoms in total. The van der Waals surface area contributed by atoms with Crippen molar-refractivity contribution in [3.63, 3.8) is 0 Å². The van der Waals surface area contributed by atoms with Crippen molar-refractivity contribution in [3.8, 4) is 0 Å². The maximum atomic E-state index is 6.11. The van der Waals surface area contributed by atoms with Crippen molar-refractivity contribution < 1.29 is 4.43 Å². The van der Waals surface area contributed by atoms with Gasteiger partial charge in [0, 0.05) is 6.61 Å². The van der Waals surface area contributed by atoms with E-state index in [0.717, 1.165) is 6.61 Å². The van der Waals surface area contributed by atoms with Gasteiger partial charge in [-0.3, -0.25) is 0 Å². The summed E-state index contributed by atoms with van der Waals surface area (Å²) < 4.78 is 6.11. The zero-order valence-electron chi connectivity index (χ0n) is 11.3. The van der Waals surface area contributed by atoms with E-state index in [0.29, 0.717) is 10.8 Å². The Bertz CT molecular complexity index is 172. The number of rotatable bonds is 3. The second kappa shape index (κ2) is 4.36. The van der Waals surface area contributed by atoms with Crippen molar-refractivity contribution >= 4 is 8.32 Å². The molecule has 0 saturated heterocycles. The van der Waals surface area contributed by atoms with E-state index in [4.69, 9.17) is 4.43 Å². The highest BCUT2D eigenvalue weighted by molar-refractivity contribution is 6.71. The summed E-state index contributed by atoms with van der Waals surface area (Å²) in [6, 6.07) is 1.23. The molecule has 14 heavy (non-hydrogen) atoms. The minimum atomic E-state index is -1.45. The van der Waals surface area contributed by atoms with Gasteiger partial charge in [-0.2, -0.15) is 0 Å². The fourth-order valence-electron chi connectivity index (χ4n) is 1.74. The third-order valence-corrected chi connectivity index (χ3v) is 4.69. The second-order valence-corrected chi connectivity index (χ2v) is 11.5. The predicted molar refractivity (Wildman–Crippen MR) is 67.2 cm³/mol. The predicted octanol–water partition coefficient (Wildman–Crippen LogP) is 4.30. The Morgan fingerprint density at radius 1 is 0.857 bits per heavy atom. The average Bonchev–Trinajstić information content (AvgIpc) is 1.76. The molecule has 0 aliphatic heterocycles. The highest BCUT2D eigenvalue weighted by atomic mass is 28.4. The summed E-state index contributed by atoms with van der Waals surface area (Å²) in [4.78, 5) is 0. The van der Waals surface area contributed by atoms with Crippen LogP contribution in [0.15, 0.2) is 0 Å². The maximum absolute atomic E-state index is 6.11. The molecule has 0 aromatic rings. The van der Waals surface area contributed by atoms with Crippen LogP contribution in [0.5, 0.6) is 0 Å². The molecule has 0 spiro atoms. The lowest BCUT2D eigenvalue weighted by molar-refractivity contribution is 0.185. The summed E-state index contributed by atoms with van der Waals surface area (Å²) in [5, 5.41) is 0. The molecule has 86 valence electrons. The molecule has 0 radical (unpaired) electrons. The van der Waals surface area contributed by atoms with E-state index in [2.05, 4.69) is 54.6 Å².